The van der Waals surface area contributed by atoms with Gasteiger partial charge in [-0.15, -0.1) is 0 Å². The molecule has 0 aliphatic carbocycles. The van der Waals surface area contributed by atoms with Crippen LogP contribution in [0, 0.1) is 0 Å². The summed E-state index contributed by atoms with van der Waals surface area (Å²) in [6.45, 7) is 0. The highest BCUT2D eigenvalue weighted by molar-refractivity contribution is 7.91. The fraction of sp³-hybridized carbons (Fsp3) is 0. The molecule has 3 N–H and O–H groups in total. The maximum absolute atomic E-state index is 12.9. The van der Waals surface area contributed by atoms with Crippen LogP contribution < -0.4 is 11.2 Å². The Bertz CT molecular complexity index is 1150. The Balaban J connectivity index is 2.28. The molecule has 9 heteroatoms. The van der Waals surface area contributed by atoms with Crippen molar-refractivity contribution in [3.8, 4) is 11.4 Å². The molecule has 1 heterocycles. The summed E-state index contributed by atoms with van der Waals surface area (Å²) in [6.07, 6.45) is 0.925. The maximum Gasteiger partial charge on any atom is 0.273 e. The number of amides is 1. The fourth-order valence-electron chi connectivity index (χ4n) is 2.36. The number of benzene rings is 2. The van der Waals surface area contributed by atoms with Crippen molar-refractivity contribution in [2.75, 3.05) is 0 Å². The van der Waals surface area contributed by atoms with Gasteiger partial charge in [-0.1, -0.05) is 30.3 Å². The molecule has 0 atom stereocenters. The number of hydrogen-bond acceptors (Lipinski definition) is 6. The van der Waals surface area contributed by atoms with Gasteiger partial charge >= 0.3 is 0 Å². The standard InChI is InChI=1S/C17H13N3O5S/c18-17(23)15-16(22)13(21)10-20(19-15)12-8-4-5-9-14(12)26(24,25)11-6-2-1-3-7-11/h1-10,21H,(H2,18,23). The molecule has 3 aromatic rings. The Morgan fingerprint density at radius 1 is 1.04 bits per heavy atom. The zero-order valence-corrected chi connectivity index (χ0v) is 14.1. The molecule has 0 fully saturated rings. The summed E-state index contributed by atoms with van der Waals surface area (Å²) in [5.41, 5.74) is 3.42. The zero-order chi connectivity index (χ0) is 18.9. The SMILES string of the molecule is NC(=O)c1nn(-c2ccccc2S(=O)(=O)c2ccccc2)cc(O)c1=O. The largest absolute Gasteiger partial charge is 0.503 e. The van der Waals surface area contributed by atoms with Crippen molar-refractivity contribution in [3.63, 3.8) is 0 Å². The Kier molecular flexibility index (Phi) is 4.31. The van der Waals surface area contributed by atoms with Gasteiger partial charge < -0.3 is 10.8 Å². The van der Waals surface area contributed by atoms with Gasteiger partial charge in [0.2, 0.25) is 9.84 Å². The maximum atomic E-state index is 12.9. The molecular formula is C17H13N3O5S. The van der Waals surface area contributed by atoms with Crippen LogP contribution in [0.4, 0.5) is 0 Å². The number of para-hydroxylation sites is 1. The van der Waals surface area contributed by atoms with Crippen molar-refractivity contribution in [2.24, 2.45) is 5.73 Å². The van der Waals surface area contributed by atoms with E-state index in [-0.39, 0.29) is 15.5 Å². The van der Waals surface area contributed by atoms with Gasteiger partial charge in [-0.25, -0.2) is 13.1 Å². The van der Waals surface area contributed by atoms with Crippen LogP contribution in [0.25, 0.3) is 5.69 Å². The molecule has 0 unspecified atom stereocenters. The number of sulfone groups is 1. The lowest BCUT2D eigenvalue weighted by Gasteiger charge is -2.13. The molecule has 1 aromatic heterocycles. The average molecular weight is 371 g/mol. The zero-order valence-electron chi connectivity index (χ0n) is 13.2. The molecule has 2 aromatic carbocycles. The van der Waals surface area contributed by atoms with Gasteiger partial charge in [0.15, 0.2) is 11.4 Å². The highest BCUT2D eigenvalue weighted by Crippen LogP contribution is 2.26. The molecule has 3 rings (SSSR count). The molecule has 0 saturated heterocycles. The van der Waals surface area contributed by atoms with Crippen LogP contribution >= 0.6 is 0 Å². The van der Waals surface area contributed by atoms with Crippen molar-refractivity contribution in [3.05, 3.63) is 76.7 Å². The minimum atomic E-state index is -3.91. The summed E-state index contributed by atoms with van der Waals surface area (Å²) < 4.78 is 26.8. The van der Waals surface area contributed by atoms with Crippen molar-refractivity contribution < 1.29 is 18.3 Å². The van der Waals surface area contributed by atoms with E-state index in [1.807, 2.05) is 0 Å². The molecule has 8 nitrogen and oxygen atoms in total. The Morgan fingerprint density at radius 2 is 1.65 bits per heavy atom. The van der Waals surface area contributed by atoms with Gasteiger partial charge in [0.25, 0.3) is 11.3 Å². The first-order valence-electron chi connectivity index (χ1n) is 7.34. The average Bonchev–Trinajstić information content (AvgIpc) is 2.64. The van der Waals surface area contributed by atoms with Crippen LogP contribution in [0.5, 0.6) is 5.75 Å². The smallest absolute Gasteiger partial charge is 0.273 e. The molecule has 0 radical (unpaired) electrons. The number of nitrogens with zero attached hydrogens (tertiary/aromatic N) is 2. The molecule has 132 valence electrons. The first-order valence-corrected chi connectivity index (χ1v) is 8.83. The van der Waals surface area contributed by atoms with Crippen molar-refractivity contribution >= 4 is 15.7 Å². The van der Waals surface area contributed by atoms with Crippen LogP contribution in [0.3, 0.4) is 0 Å². The lowest BCUT2D eigenvalue weighted by atomic mass is 10.3. The molecule has 0 aliphatic heterocycles. The Labute approximate surface area is 148 Å². The summed E-state index contributed by atoms with van der Waals surface area (Å²) in [6, 6.07) is 13.6. The van der Waals surface area contributed by atoms with Gasteiger partial charge in [-0.05, 0) is 24.3 Å². The summed E-state index contributed by atoms with van der Waals surface area (Å²) in [5, 5.41) is 13.5. The number of aromatic hydroxyl groups is 1. The van der Waals surface area contributed by atoms with E-state index < -0.39 is 32.6 Å². The van der Waals surface area contributed by atoms with Gasteiger partial charge in [-0.2, -0.15) is 5.10 Å². The van der Waals surface area contributed by atoms with Gasteiger partial charge in [0.1, 0.15) is 0 Å². The van der Waals surface area contributed by atoms with E-state index in [2.05, 4.69) is 5.10 Å². The van der Waals surface area contributed by atoms with E-state index in [0.717, 1.165) is 10.9 Å². The molecule has 26 heavy (non-hydrogen) atoms. The van der Waals surface area contributed by atoms with E-state index in [4.69, 9.17) is 5.73 Å². The third-order valence-electron chi connectivity index (χ3n) is 3.59. The van der Waals surface area contributed by atoms with Crippen LogP contribution in [-0.4, -0.2) is 29.2 Å². The van der Waals surface area contributed by atoms with Crippen molar-refractivity contribution in [1.29, 1.82) is 0 Å². The van der Waals surface area contributed by atoms with E-state index in [0.29, 0.717) is 0 Å². The molecule has 0 aliphatic rings. The van der Waals surface area contributed by atoms with Crippen LogP contribution in [0.1, 0.15) is 10.5 Å². The second-order valence-electron chi connectivity index (χ2n) is 5.29. The number of carbonyl (C=O) groups is 1. The predicted octanol–water partition coefficient (Wildman–Crippen LogP) is 0.870. The lowest BCUT2D eigenvalue weighted by molar-refractivity contribution is 0.0992. The number of carbonyl (C=O) groups excluding carboxylic acids is 1. The highest BCUT2D eigenvalue weighted by Gasteiger charge is 2.23. The van der Waals surface area contributed by atoms with E-state index in [9.17, 15) is 23.1 Å². The van der Waals surface area contributed by atoms with E-state index in [1.54, 1.807) is 24.3 Å². The predicted molar refractivity (Wildman–Crippen MR) is 91.9 cm³/mol. The number of rotatable bonds is 4. The van der Waals surface area contributed by atoms with Crippen LogP contribution in [0.15, 0.2) is 75.4 Å². The van der Waals surface area contributed by atoms with Crippen LogP contribution in [0.2, 0.25) is 0 Å². The molecule has 1 amide bonds. The minimum Gasteiger partial charge on any atom is -0.503 e. The number of nitrogens with two attached hydrogens (primary N) is 1. The Hall–Kier alpha value is -3.46. The molecule has 0 bridgehead atoms. The van der Waals surface area contributed by atoms with Crippen LogP contribution in [-0.2, 0) is 9.84 Å². The number of aromatic nitrogens is 2. The van der Waals surface area contributed by atoms with Gasteiger partial charge in [0.05, 0.1) is 21.7 Å². The third-order valence-corrected chi connectivity index (χ3v) is 5.41. The fourth-order valence-corrected chi connectivity index (χ4v) is 3.83. The second kappa shape index (κ2) is 6.45. The summed E-state index contributed by atoms with van der Waals surface area (Å²) in [7, 11) is -3.91. The summed E-state index contributed by atoms with van der Waals surface area (Å²) in [5.74, 6) is -1.91. The van der Waals surface area contributed by atoms with Crippen molar-refractivity contribution in [1.82, 2.24) is 9.78 Å². The number of primary amides is 1. The minimum absolute atomic E-state index is 0.0501. The Morgan fingerprint density at radius 3 is 2.31 bits per heavy atom. The first-order chi connectivity index (χ1) is 12.3. The molecular weight excluding hydrogens is 358 g/mol. The second-order valence-corrected chi connectivity index (χ2v) is 7.20. The van der Waals surface area contributed by atoms with E-state index >= 15 is 0 Å². The van der Waals surface area contributed by atoms with E-state index in [1.165, 1.54) is 30.3 Å². The molecule has 0 saturated carbocycles. The van der Waals surface area contributed by atoms with Gasteiger partial charge in [0, 0.05) is 0 Å². The molecule has 0 spiro atoms. The normalized spacial score (nSPS) is 11.2. The first kappa shape index (κ1) is 17.4. The topological polar surface area (TPSA) is 132 Å². The lowest BCUT2D eigenvalue weighted by Crippen LogP contribution is -2.26. The highest BCUT2D eigenvalue weighted by atomic mass is 32.2. The monoisotopic (exact) mass is 371 g/mol. The third kappa shape index (κ3) is 2.95. The summed E-state index contributed by atoms with van der Waals surface area (Å²) >= 11 is 0. The quantitative estimate of drug-likeness (QED) is 0.699. The number of hydrogen-bond donors (Lipinski definition) is 2. The van der Waals surface area contributed by atoms with Crippen molar-refractivity contribution in [2.45, 2.75) is 9.79 Å². The summed E-state index contributed by atoms with van der Waals surface area (Å²) in [4.78, 5) is 23.1. The van der Waals surface area contributed by atoms with Gasteiger partial charge in [-0.3, -0.25) is 9.59 Å².